The number of hydrogen-bond acceptors (Lipinski definition) is 3. The van der Waals surface area contributed by atoms with Gasteiger partial charge in [0.2, 0.25) is 0 Å². The van der Waals surface area contributed by atoms with Gasteiger partial charge in [0.1, 0.15) is 5.75 Å². The summed E-state index contributed by atoms with van der Waals surface area (Å²) in [6, 6.07) is 9.61. The number of rotatable bonds is 4. The molecule has 0 bridgehead atoms. The topological polar surface area (TPSA) is 53.4 Å². The van der Waals surface area contributed by atoms with E-state index in [1.165, 1.54) is 12.0 Å². The van der Waals surface area contributed by atoms with Crippen LogP contribution in [0.5, 0.6) is 5.75 Å². The van der Waals surface area contributed by atoms with Crippen LogP contribution in [0.1, 0.15) is 52.9 Å². The van der Waals surface area contributed by atoms with E-state index in [0.29, 0.717) is 5.75 Å². The molecule has 1 fully saturated rings. The number of piperidine rings is 1. The molecule has 0 radical (unpaired) electrons. The van der Waals surface area contributed by atoms with Crippen molar-refractivity contribution in [2.45, 2.75) is 52.0 Å². The van der Waals surface area contributed by atoms with Gasteiger partial charge in [-0.25, -0.2) is 0 Å². The number of carbonyl (C=O) groups excluding carboxylic acids is 1. The van der Waals surface area contributed by atoms with Crippen molar-refractivity contribution in [2.24, 2.45) is 0 Å². The van der Waals surface area contributed by atoms with Crippen molar-refractivity contribution in [3.8, 4) is 5.75 Å². The fraction of sp³-hybridized carbons (Fsp3) is 0.429. The Balaban J connectivity index is 1.71. The summed E-state index contributed by atoms with van der Waals surface area (Å²) in [6.07, 6.45) is 6.89. The third kappa shape index (κ3) is 4.19. The lowest BCUT2D eigenvalue weighted by atomic mass is 9.94. The van der Waals surface area contributed by atoms with Gasteiger partial charge in [-0.05, 0) is 75.3 Å². The maximum Gasteiger partial charge on any atom is 0.255 e. The Bertz CT molecular complexity index is 740. The minimum absolute atomic E-state index is 0.111. The lowest BCUT2D eigenvalue weighted by molar-refractivity contribution is 0.0600. The molecule has 0 aliphatic carbocycles. The molecule has 1 aromatic heterocycles. The number of likely N-dealkylation sites (tertiary alicyclic amines) is 1. The number of phenolic OH excluding ortho intramolecular Hbond substituents is 1. The van der Waals surface area contributed by atoms with Crippen molar-refractivity contribution in [2.75, 3.05) is 6.54 Å². The highest BCUT2D eigenvalue weighted by atomic mass is 16.3. The fourth-order valence-electron chi connectivity index (χ4n) is 3.64. The number of nitrogens with zero attached hydrogens (tertiary/aromatic N) is 2. The lowest BCUT2D eigenvalue weighted by Crippen LogP contribution is -2.44. The molecule has 1 amide bonds. The molecule has 0 spiro atoms. The van der Waals surface area contributed by atoms with Crippen LogP contribution >= 0.6 is 0 Å². The zero-order valence-electron chi connectivity index (χ0n) is 15.0. The summed E-state index contributed by atoms with van der Waals surface area (Å²) in [5, 5.41) is 9.40. The van der Waals surface area contributed by atoms with E-state index in [4.69, 9.17) is 0 Å². The number of hydrogen-bond donors (Lipinski definition) is 1. The van der Waals surface area contributed by atoms with Gasteiger partial charge >= 0.3 is 0 Å². The molecule has 2 aromatic rings. The van der Waals surface area contributed by atoms with Gasteiger partial charge in [0, 0.05) is 24.5 Å². The van der Waals surface area contributed by atoms with E-state index in [1.807, 2.05) is 36.9 Å². The van der Waals surface area contributed by atoms with E-state index >= 15 is 0 Å². The number of aromatic hydroxyl groups is 1. The van der Waals surface area contributed by atoms with Crippen molar-refractivity contribution in [1.82, 2.24) is 9.88 Å². The van der Waals surface area contributed by atoms with E-state index in [9.17, 15) is 9.90 Å². The van der Waals surface area contributed by atoms with Crippen LogP contribution in [0.4, 0.5) is 0 Å². The highest BCUT2D eigenvalue weighted by molar-refractivity contribution is 5.95. The monoisotopic (exact) mass is 338 g/mol. The fourth-order valence-corrected chi connectivity index (χ4v) is 3.64. The van der Waals surface area contributed by atoms with Crippen LogP contribution < -0.4 is 0 Å². The number of amides is 1. The van der Waals surface area contributed by atoms with E-state index < -0.39 is 0 Å². The molecule has 1 N–H and O–H groups in total. The first-order valence-electron chi connectivity index (χ1n) is 9.07. The van der Waals surface area contributed by atoms with Gasteiger partial charge in [-0.2, -0.15) is 0 Å². The Labute approximate surface area is 149 Å². The summed E-state index contributed by atoms with van der Waals surface area (Å²) < 4.78 is 0. The number of carbonyl (C=O) groups is 1. The lowest BCUT2D eigenvalue weighted by Gasteiger charge is -2.36. The maximum atomic E-state index is 13.1. The summed E-state index contributed by atoms with van der Waals surface area (Å²) >= 11 is 0. The van der Waals surface area contributed by atoms with Crippen molar-refractivity contribution < 1.29 is 9.90 Å². The van der Waals surface area contributed by atoms with Gasteiger partial charge in [-0.1, -0.05) is 12.1 Å². The van der Waals surface area contributed by atoms with E-state index in [0.717, 1.165) is 49.0 Å². The quantitative estimate of drug-likeness (QED) is 0.915. The molecular formula is C21H26N2O2. The zero-order valence-corrected chi connectivity index (χ0v) is 15.0. The van der Waals surface area contributed by atoms with E-state index in [2.05, 4.69) is 4.98 Å². The van der Waals surface area contributed by atoms with Gasteiger partial charge in [0.15, 0.2) is 0 Å². The zero-order chi connectivity index (χ0) is 17.8. The summed E-state index contributed by atoms with van der Waals surface area (Å²) in [5.41, 5.74) is 3.86. The molecular weight excluding hydrogens is 312 g/mol. The number of aryl methyl sites for hydroxylation is 3. The Hall–Kier alpha value is -2.36. The Morgan fingerprint density at radius 3 is 2.72 bits per heavy atom. The predicted molar refractivity (Wildman–Crippen MR) is 98.8 cm³/mol. The van der Waals surface area contributed by atoms with E-state index in [1.54, 1.807) is 18.3 Å². The highest BCUT2D eigenvalue weighted by Crippen LogP contribution is 2.24. The molecule has 4 nitrogen and oxygen atoms in total. The first kappa shape index (κ1) is 17.5. The minimum Gasteiger partial charge on any atom is -0.508 e. The molecule has 0 unspecified atom stereocenters. The summed E-state index contributed by atoms with van der Waals surface area (Å²) in [4.78, 5) is 19.4. The van der Waals surface area contributed by atoms with Crippen molar-refractivity contribution in [3.05, 3.63) is 58.9 Å². The molecule has 1 aliphatic rings. The molecule has 4 heteroatoms. The molecule has 2 heterocycles. The Morgan fingerprint density at radius 1 is 1.24 bits per heavy atom. The second-order valence-electron chi connectivity index (χ2n) is 6.99. The van der Waals surface area contributed by atoms with Gasteiger partial charge in [0.25, 0.3) is 5.91 Å². The van der Waals surface area contributed by atoms with Crippen molar-refractivity contribution in [3.63, 3.8) is 0 Å². The van der Waals surface area contributed by atoms with Crippen molar-refractivity contribution >= 4 is 5.91 Å². The first-order chi connectivity index (χ1) is 12.0. The third-order valence-corrected chi connectivity index (χ3v) is 5.07. The van der Waals surface area contributed by atoms with Crippen LogP contribution in [0.2, 0.25) is 0 Å². The molecule has 1 aliphatic heterocycles. The molecule has 132 valence electrons. The number of pyridine rings is 1. The summed E-state index contributed by atoms with van der Waals surface area (Å²) in [7, 11) is 0. The average Bonchev–Trinajstić information content (AvgIpc) is 2.61. The standard InChI is InChI=1S/C21H26N2O2/c1-15-13-16(2)22-14-20(15)21(25)23-12-4-3-5-18(23)9-6-17-7-10-19(24)11-8-17/h7-8,10-11,13-14,18,24H,3-6,9,12H2,1-2H3/t18-/m0/s1. The highest BCUT2D eigenvalue weighted by Gasteiger charge is 2.28. The summed E-state index contributed by atoms with van der Waals surface area (Å²) in [6.45, 7) is 4.76. The molecule has 25 heavy (non-hydrogen) atoms. The van der Waals surface area contributed by atoms with Crippen LogP contribution in [0.3, 0.4) is 0 Å². The Morgan fingerprint density at radius 2 is 2.00 bits per heavy atom. The van der Waals surface area contributed by atoms with Crippen molar-refractivity contribution in [1.29, 1.82) is 0 Å². The van der Waals surface area contributed by atoms with Crippen LogP contribution in [0, 0.1) is 13.8 Å². The van der Waals surface area contributed by atoms with Gasteiger partial charge in [-0.15, -0.1) is 0 Å². The average molecular weight is 338 g/mol. The van der Waals surface area contributed by atoms with Gasteiger partial charge in [-0.3, -0.25) is 9.78 Å². The second kappa shape index (κ2) is 7.68. The third-order valence-electron chi connectivity index (χ3n) is 5.07. The molecule has 1 atom stereocenters. The first-order valence-corrected chi connectivity index (χ1v) is 9.07. The van der Waals surface area contributed by atoms with Gasteiger partial charge in [0.05, 0.1) is 5.56 Å². The largest absolute Gasteiger partial charge is 0.508 e. The molecule has 0 saturated carbocycles. The number of benzene rings is 1. The summed E-state index contributed by atoms with van der Waals surface area (Å²) in [5.74, 6) is 0.404. The van der Waals surface area contributed by atoms with Crippen LogP contribution in [0.15, 0.2) is 36.5 Å². The number of phenols is 1. The second-order valence-corrected chi connectivity index (χ2v) is 6.99. The minimum atomic E-state index is 0.111. The van der Waals surface area contributed by atoms with Crippen LogP contribution in [-0.2, 0) is 6.42 Å². The molecule has 3 rings (SSSR count). The van der Waals surface area contributed by atoms with Crippen LogP contribution in [-0.4, -0.2) is 33.5 Å². The van der Waals surface area contributed by atoms with Gasteiger partial charge < -0.3 is 10.0 Å². The predicted octanol–water partition coefficient (Wildman–Crippen LogP) is 4.03. The smallest absolute Gasteiger partial charge is 0.255 e. The maximum absolute atomic E-state index is 13.1. The normalized spacial score (nSPS) is 17.5. The SMILES string of the molecule is Cc1cc(C)c(C(=O)N2CCCC[C@H]2CCc2ccc(O)cc2)cn1. The number of aromatic nitrogens is 1. The van der Waals surface area contributed by atoms with E-state index in [-0.39, 0.29) is 11.9 Å². The Kier molecular flexibility index (Phi) is 5.37. The molecule has 1 saturated heterocycles. The molecule has 1 aromatic carbocycles. The van der Waals surface area contributed by atoms with Crippen LogP contribution in [0.25, 0.3) is 0 Å².